The van der Waals surface area contributed by atoms with Gasteiger partial charge in [-0.2, -0.15) is 0 Å². The van der Waals surface area contributed by atoms with Gasteiger partial charge in [-0.05, 0) is 92.0 Å². The minimum atomic E-state index is -1.26. The van der Waals surface area contributed by atoms with Crippen molar-refractivity contribution in [2.24, 2.45) is 0 Å². The Morgan fingerprint density at radius 2 is 1.38 bits per heavy atom. The number of rotatable bonds is 5. The number of esters is 2. The van der Waals surface area contributed by atoms with Crippen LogP contribution in [0, 0.1) is 11.6 Å². The summed E-state index contributed by atoms with van der Waals surface area (Å²) in [6, 6.07) is 8.76. The first-order chi connectivity index (χ1) is 18.4. The largest absolute Gasteiger partial charge is 0.459 e. The van der Waals surface area contributed by atoms with Crippen molar-refractivity contribution in [3.8, 4) is 11.1 Å². The van der Waals surface area contributed by atoms with Gasteiger partial charge in [-0.15, -0.1) is 0 Å². The van der Waals surface area contributed by atoms with E-state index in [9.17, 15) is 9.59 Å². The first kappa shape index (κ1) is 30.1. The molecule has 6 nitrogen and oxygen atoms in total. The van der Waals surface area contributed by atoms with Crippen LogP contribution in [0.25, 0.3) is 11.1 Å². The summed E-state index contributed by atoms with van der Waals surface area (Å²) in [4.78, 5) is 25.7. The molecule has 2 aromatic carbocycles. The molecule has 0 aliphatic carbocycles. The lowest BCUT2D eigenvalue weighted by Gasteiger charge is -2.34. The van der Waals surface area contributed by atoms with E-state index in [-0.39, 0.29) is 28.3 Å². The van der Waals surface area contributed by atoms with Crippen molar-refractivity contribution in [2.45, 2.75) is 115 Å². The maximum atomic E-state index is 15.1. The topological polar surface area (TPSA) is 76.7 Å². The maximum Gasteiger partial charge on any atom is 0.341 e. The molecule has 4 rings (SSSR count). The van der Waals surface area contributed by atoms with Crippen LogP contribution in [0.2, 0.25) is 0 Å². The van der Waals surface area contributed by atoms with E-state index in [0.717, 1.165) is 12.8 Å². The molecule has 218 valence electrons. The summed E-state index contributed by atoms with van der Waals surface area (Å²) in [5.74, 6) is -3.77. The predicted molar refractivity (Wildman–Crippen MR) is 151 cm³/mol. The number of halogens is 2. The summed E-state index contributed by atoms with van der Waals surface area (Å²) in [5, 5.41) is 7.02. The number of carbonyl (C=O) groups excluding carboxylic acids is 2. The monoisotopic (exact) mass is 556 g/mol. The average Bonchev–Trinajstić information content (AvgIpc) is 2.96. The molecule has 2 heterocycles. The average molecular weight is 557 g/mol. The number of ether oxygens (including phenoxy) is 2. The van der Waals surface area contributed by atoms with Crippen LogP contribution in [0.5, 0.6) is 0 Å². The molecular weight excluding hydrogens is 514 g/mol. The van der Waals surface area contributed by atoms with Gasteiger partial charge in [0, 0.05) is 35.0 Å². The van der Waals surface area contributed by atoms with Crippen LogP contribution in [0.1, 0.15) is 102 Å². The van der Waals surface area contributed by atoms with E-state index in [2.05, 4.69) is 38.3 Å². The van der Waals surface area contributed by atoms with Gasteiger partial charge in [0.2, 0.25) is 0 Å². The van der Waals surface area contributed by atoms with E-state index < -0.39 is 40.8 Å². The molecule has 0 saturated carbocycles. The molecule has 2 saturated heterocycles. The van der Waals surface area contributed by atoms with Crippen LogP contribution in [0.3, 0.4) is 0 Å². The third-order valence-electron chi connectivity index (χ3n) is 7.92. The maximum absolute atomic E-state index is 15.1. The van der Waals surface area contributed by atoms with Crippen molar-refractivity contribution in [2.75, 3.05) is 0 Å². The molecule has 40 heavy (non-hydrogen) atoms. The zero-order valence-corrected chi connectivity index (χ0v) is 24.8. The van der Waals surface area contributed by atoms with E-state index in [0.29, 0.717) is 24.0 Å². The molecule has 0 amide bonds. The van der Waals surface area contributed by atoms with Crippen molar-refractivity contribution >= 4 is 11.9 Å². The predicted octanol–water partition coefficient (Wildman–Crippen LogP) is 6.56. The molecule has 2 N–H and O–H groups in total. The highest BCUT2D eigenvalue weighted by molar-refractivity contribution is 5.92. The minimum Gasteiger partial charge on any atom is -0.459 e. The van der Waals surface area contributed by atoms with Gasteiger partial charge in [0.15, 0.2) is 11.6 Å². The first-order valence-corrected chi connectivity index (χ1v) is 14.0. The second-order valence-corrected chi connectivity index (χ2v) is 13.9. The second-order valence-electron chi connectivity index (χ2n) is 13.9. The molecule has 2 aromatic rings. The Bertz CT molecular complexity index is 1280. The van der Waals surface area contributed by atoms with E-state index in [1.165, 1.54) is 24.3 Å². The standard InChI is InChI=1S/C32H42F2N2O4/c1-29(2)16-15-21(17-30(3,4)35-29)39-27(37)20-11-9-19(10-12-20)22-13-14-23(26(34)25(22)33)28(38)40-24-18-31(5,6)36-32(24,7)8/h9-14,21,24,35-36H,15-18H2,1-8H3. The van der Waals surface area contributed by atoms with Crippen LogP contribution < -0.4 is 10.6 Å². The van der Waals surface area contributed by atoms with Crippen molar-refractivity contribution in [3.63, 3.8) is 0 Å². The summed E-state index contributed by atoms with van der Waals surface area (Å²) in [6.07, 6.45) is 2.14. The van der Waals surface area contributed by atoms with Crippen molar-refractivity contribution in [1.29, 1.82) is 0 Å². The lowest BCUT2D eigenvalue weighted by atomic mass is 9.96. The minimum absolute atomic E-state index is 0.0169. The highest BCUT2D eigenvalue weighted by Gasteiger charge is 2.46. The van der Waals surface area contributed by atoms with Crippen LogP contribution >= 0.6 is 0 Å². The normalized spacial score (nSPS) is 24.6. The Morgan fingerprint density at radius 1 is 0.750 bits per heavy atom. The fraction of sp³-hybridized carbons (Fsp3) is 0.562. The molecule has 8 heteroatoms. The van der Waals surface area contributed by atoms with Crippen molar-refractivity contribution in [3.05, 3.63) is 59.2 Å². The lowest BCUT2D eigenvalue weighted by Crippen LogP contribution is -2.50. The zero-order valence-electron chi connectivity index (χ0n) is 24.8. The Kier molecular flexibility index (Phi) is 7.93. The summed E-state index contributed by atoms with van der Waals surface area (Å²) >= 11 is 0. The van der Waals surface area contributed by atoms with E-state index in [4.69, 9.17) is 9.47 Å². The highest BCUT2D eigenvalue weighted by Crippen LogP contribution is 2.34. The first-order valence-electron chi connectivity index (χ1n) is 14.0. The highest BCUT2D eigenvalue weighted by atomic mass is 19.2. The molecule has 2 fully saturated rings. The van der Waals surface area contributed by atoms with Crippen LogP contribution in [0.15, 0.2) is 36.4 Å². The van der Waals surface area contributed by atoms with Gasteiger partial charge in [-0.3, -0.25) is 0 Å². The molecule has 0 aromatic heterocycles. The third kappa shape index (κ3) is 6.72. The van der Waals surface area contributed by atoms with Crippen molar-refractivity contribution in [1.82, 2.24) is 10.6 Å². The van der Waals surface area contributed by atoms with Crippen molar-refractivity contribution < 1.29 is 27.8 Å². The summed E-state index contributed by atoms with van der Waals surface area (Å²) in [6.45, 7) is 16.3. The summed E-state index contributed by atoms with van der Waals surface area (Å²) in [7, 11) is 0. The van der Waals surface area contributed by atoms with Gasteiger partial charge in [0.1, 0.15) is 12.2 Å². The van der Waals surface area contributed by atoms with E-state index in [1.54, 1.807) is 12.1 Å². The molecule has 2 aliphatic heterocycles. The SMILES string of the molecule is CC1(C)CCC(OC(=O)c2ccc(-c3ccc(C(=O)OC4CC(C)(C)NC4(C)C)c(F)c3F)cc2)CC(C)(C)N1. The van der Waals surface area contributed by atoms with Gasteiger partial charge < -0.3 is 20.1 Å². The van der Waals surface area contributed by atoms with Crippen LogP contribution in [-0.2, 0) is 9.47 Å². The van der Waals surface area contributed by atoms with E-state index in [1.807, 2.05) is 27.7 Å². The number of hydrogen-bond acceptors (Lipinski definition) is 6. The Labute approximate surface area is 236 Å². The molecule has 0 bridgehead atoms. The van der Waals surface area contributed by atoms with E-state index >= 15 is 8.78 Å². The summed E-state index contributed by atoms with van der Waals surface area (Å²) < 4.78 is 41.6. The van der Waals surface area contributed by atoms with Gasteiger partial charge in [0.25, 0.3) is 0 Å². The van der Waals surface area contributed by atoms with Gasteiger partial charge in [-0.1, -0.05) is 18.2 Å². The molecule has 0 radical (unpaired) electrons. The van der Waals surface area contributed by atoms with Crippen LogP contribution in [0.4, 0.5) is 8.78 Å². The molecule has 2 aliphatic rings. The fourth-order valence-corrected chi connectivity index (χ4v) is 6.36. The summed E-state index contributed by atoms with van der Waals surface area (Å²) in [5.41, 5.74) is -0.762. The third-order valence-corrected chi connectivity index (χ3v) is 7.92. The quantitative estimate of drug-likeness (QED) is 0.406. The molecular formula is C32H42F2N2O4. The van der Waals surface area contributed by atoms with Gasteiger partial charge in [0.05, 0.1) is 16.7 Å². The number of nitrogens with one attached hydrogen (secondary N) is 2. The zero-order chi connectivity index (χ0) is 29.7. The van der Waals surface area contributed by atoms with Gasteiger partial charge >= 0.3 is 11.9 Å². The number of carbonyl (C=O) groups is 2. The molecule has 0 spiro atoms. The lowest BCUT2D eigenvalue weighted by molar-refractivity contribution is 0.0165. The Morgan fingerprint density at radius 3 is 1.98 bits per heavy atom. The Balaban J connectivity index is 1.46. The molecule has 2 unspecified atom stereocenters. The fourth-order valence-electron chi connectivity index (χ4n) is 6.36. The second kappa shape index (κ2) is 10.5. The number of hydrogen-bond donors (Lipinski definition) is 2. The van der Waals surface area contributed by atoms with Gasteiger partial charge in [-0.25, -0.2) is 18.4 Å². The number of benzene rings is 2. The Hall–Kier alpha value is -2.84. The smallest absolute Gasteiger partial charge is 0.341 e. The van der Waals surface area contributed by atoms with Crippen LogP contribution in [-0.4, -0.2) is 46.3 Å². The molecule has 2 atom stereocenters.